The van der Waals surface area contributed by atoms with E-state index in [0.717, 1.165) is 16.8 Å². The number of hydroxylamine groups is 1. The summed E-state index contributed by atoms with van der Waals surface area (Å²) in [4.78, 5) is 34.3. The molecule has 2 saturated heterocycles. The molecule has 2 heterocycles. The highest BCUT2D eigenvalue weighted by Crippen LogP contribution is 2.48. The van der Waals surface area contributed by atoms with Gasteiger partial charge in [-0.25, -0.2) is 9.96 Å². The van der Waals surface area contributed by atoms with Crippen LogP contribution in [0, 0.1) is 12.8 Å². The van der Waals surface area contributed by atoms with Crippen molar-refractivity contribution < 1.29 is 19.2 Å². The monoisotopic (exact) mass is 448 g/mol. The van der Waals surface area contributed by atoms with Crippen LogP contribution in [0.5, 0.6) is 5.75 Å². The second kappa shape index (κ2) is 7.97. The molecule has 5 rings (SSSR count). The zero-order valence-corrected chi connectivity index (χ0v) is 18.3. The predicted octanol–water partition coefficient (Wildman–Crippen LogP) is 4.71. The van der Waals surface area contributed by atoms with E-state index in [1.165, 1.54) is 4.90 Å². The van der Waals surface area contributed by atoms with E-state index in [-0.39, 0.29) is 5.91 Å². The number of hydrogen-bond acceptors (Lipinski definition) is 5. The molecule has 2 aliphatic rings. The van der Waals surface area contributed by atoms with Crippen LogP contribution in [0.25, 0.3) is 0 Å². The van der Waals surface area contributed by atoms with Crippen LogP contribution >= 0.6 is 11.6 Å². The highest BCUT2D eigenvalue weighted by Gasteiger charge is 2.60. The Hall–Kier alpha value is -3.35. The van der Waals surface area contributed by atoms with Crippen LogP contribution in [0.1, 0.15) is 17.2 Å². The number of carbonyl (C=O) groups excluding carboxylic acids is 2. The lowest BCUT2D eigenvalue weighted by atomic mass is 9.90. The number of para-hydroxylation sites is 1. The highest BCUT2D eigenvalue weighted by molar-refractivity contribution is 6.31. The van der Waals surface area contributed by atoms with Crippen molar-refractivity contribution >= 4 is 34.8 Å². The molecular weight excluding hydrogens is 428 g/mol. The average Bonchev–Trinajstić information content (AvgIpc) is 3.30. The molecular formula is C25H21ClN2O4. The van der Waals surface area contributed by atoms with Gasteiger partial charge in [-0.05, 0) is 54.4 Å². The first-order valence-corrected chi connectivity index (χ1v) is 10.7. The first-order valence-electron chi connectivity index (χ1n) is 10.3. The first kappa shape index (κ1) is 20.5. The number of methoxy groups -OCH3 is 1. The Morgan fingerprint density at radius 2 is 1.69 bits per heavy atom. The lowest BCUT2D eigenvalue weighted by Gasteiger charge is -2.29. The number of rotatable bonds is 4. The maximum Gasteiger partial charge on any atom is 0.266 e. The molecule has 3 aromatic rings. The fourth-order valence-corrected chi connectivity index (χ4v) is 4.63. The largest absolute Gasteiger partial charge is 0.497 e. The maximum absolute atomic E-state index is 13.6. The molecule has 6 nitrogen and oxygen atoms in total. The van der Waals surface area contributed by atoms with Gasteiger partial charge < -0.3 is 4.74 Å². The zero-order valence-electron chi connectivity index (χ0n) is 17.6. The Morgan fingerprint density at radius 3 is 2.38 bits per heavy atom. The van der Waals surface area contributed by atoms with Gasteiger partial charge in [-0.2, -0.15) is 0 Å². The third-order valence-electron chi connectivity index (χ3n) is 5.99. The molecule has 0 saturated carbocycles. The number of imide groups is 1. The van der Waals surface area contributed by atoms with Crippen LogP contribution in [0.2, 0.25) is 5.02 Å². The van der Waals surface area contributed by atoms with Crippen molar-refractivity contribution in [3.8, 4) is 5.75 Å². The number of benzene rings is 3. The third-order valence-corrected chi connectivity index (χ3v) is 6.23. The number of nitrogens with zero attached hydrogens (tertiary/aromatic N) is 2. The number of aryl methyl sites for hydroxylation is 1. The van der Waals surface area contributed by atoms with Crippen LogP contribution in [-0.2, 0) is 14.4 Å². The van der Waals surface area contributed by atoms with Gasteiger partial charge in [0.1, 0.15) is 11.7 Å². The molecule has 0 spiro atoms. The molecule has 3 atom stereocenters. The van der Waals surface area contributed by atoms with Crippen molar-refractivity contribution in [2.45, 2.75) is 19.1 Å². The van der Waals surface area contributed by atoms with Gasteiger partial charge in [-0.1, -0.05) is 48.0 Å². The van der Waals surface area contributed by atoms with Gasteiger partial charge in [0.2, 0.25) is 5.91 Å². The molecule has 32 heavy (non-hydrogen) atoms. The maximum atomic E-state index is 13.6. The Morgan fingerprint density at radius 1 is 0.938 bits per heavy atom. The van der Waals surface area contributed by atoms with Crippen LogP contribution in [0.4, 0.5) is 11.4 Å². The molecule has 0 bridgehead atoms. The molecule has 0 unspecified atom stereocenters. The van der Waals surface area contributed by atoms with E-state index in [9.17, 15) is 9.59 Å². The molecule has 0 aliphatic carbocycles. The van der Waals surface area contributed by atoms with Gasteiger partial charge in [-0.3, -0.25) is 14.4 Å². The molecule has 0 N–H and O–H groups in total. The molecule has 162 valence electrons. The van der Waals surface area contributed by atoms with Gasteiger partial charge in [0.05, 0.1) is 24.5 Å². The summed E-state index contributed by atoms with van der Waals surface area (Å²) in [7, 11) is 1.60. The summed E-state index contributed by atoms with van der Waals surface area (Å²) in [5.41, 5.74) is 3.10. The number of fused-ring (bicyclic) bond motifs is 1. The minimum atomic E-state index is -0.923. The smallest absolute Gasteiger partial charge is 0.266 e. The van der Waals surface area contributed by atoms with E-state index in [0.29, 0.717) is 16.5 Å². The lowest BCUT2D eigenvalue weighted by Crippen LogP contribution is -2.37. The quantitative estimate of drug-likeness (QED) is 0.541. The summed E-state index contributed by atoms with van der Waals surface area (Å²) >= 11 is 6.11. The average molecular weight is 449 g/mol. The summed E-state index contributed by atoms with van der Waals surface area (Å²) < 4.78 is 5.29. The van der Waals surface area contributed by atoms with Crippen molar-refractivity contribution in [1.82, 2.24) is 0 Å². The standard InChI is InChI=1S/C25H21ClN2O4/c1-15-6-3-4-9-20(15)28-22(16-10-12-19(31-2)13-11-16)21-23(32-28)25(30)27(24(21)29)18-8-5-7-17(26)14-18/h3-14,21-23H,1-2H3/t21-,22+,23+/m0/s1. The first-order chi connectivity index (χ1) is 15.5. The number of halogens is 1. The van der Waals surface area contributed by atoms with Crippen LogP contribution in [-0.4, -0.2) is 25.0 Å². The van der Waals surface area contributed by atoms with Crippen LogP contribution in [0.3, 0.4) is 0 Å². The van der Waals surface area contributed by atoms with Gasteiger partial charge in [0, 0.05) is 5.02 Å². The summed E-state index contributed by atoms with van der Waals surface area (Å²) in [6.07, 6.45) is -0.923. The fourth-order valence-electron chi connectivity index (χ4n) is 4.44. The minimum absolute atomic E-state index is 0.306. The van der Waals surface area contributed by atoms with E-state index in [1.807, 2.05) is 55.5 Å². The molecule has 0 aromatic heterocycles. The second-order valence-corrected chi connectivity index (χ2v) is 8.31. The SMILES string of the molecule is COc1ccc([C@@H]2[C@@H]3C(=O)N(c4cccc(Cl)c4)C(=O)[C@@H]3ON2c2ccccc2C)cc1. The second-order valence-electron chi connectivity index (χ2n) is 7.87. The molecule has 3 aromatic carbocycles. The Balaban J connectivity index is 1.60. The predicted molar refractivity (Wildman–Crippen MR) is 122 cm³/mol. The summed E-state index contributed by atoms with van der Waals surface area (Å²) in [6, 6.07) is 21.5. The number of anilines is 2. The van der Waals surface area contributed by atoms with E-state index >= 15 is 0 Å². The van der Waals surface area contributed by atoms with Crippen molar-refractivity contribution in [3.05, 3.63) is 88.9 Å². The van der Waals surface area contributed by atoms with Crippen LogP contribution in [0.15, 0.2) is 72.8 Å². The van der Waals surface area contributed by atoms with E-state index < -0.39 is 24.0 Å². The zero-order chi connectivity index (χ0) is 22.4. The van der Waals surface area contributed by atoms with Gasteiger partial charge in [0.15, 0.2) is 6.10 Å². The molecule has 7 heteroatoms. The number of hydrogen-bond donors (Lipinski definition) is 0. The third kappa shape index (κ3) is 3.23. The Kier molecular flexibility index (Phi) is 5.12. The van der Waals surface area contributed by atoms with Gasteiger partial charge in [-0.15, -0.1) is 0 Å². The van der Waals surface area contributed by atoms with E-state index in [1.54, 1.807) is 36.4 Å². The lowest BCUT2D eigenvalue weighted by molar-refractivity contribution is -0.126. The number of carbonyl (C=O) groups is 2. The van der Waals surface area contributed by atoms with E-state index in [2.05, 4.69) is 0 Å². The van der Waals surface area contributed by atoms with Crippen molar-refractivity contribution in [2.24, 2.45) is 5.92 Å². The summed E-state index contributed by atoms with van der Waals surface area (Å²) in [5.74, 6) is -0.688. The summed E-state index contributed by atoms with van der Waals surface area (Å²) in [6.45, 7) is 1.97. The van der Waals surface area contributed by atoms with E-state index in [4.69, 9.17) is 21.2 Å². The minimum Gasteiger partial charge on any atom is -0.497 e. The topological polar surface area (TPSA) is 59.1 Å². The Bertz CT molecular complexity index is 1200. The fraction of sp³-hybridized carbons (Fsp3) is 0.200. The van der Waals surface area contributed by atoms with Crippen molar-refractivity contribution in [2.75, 3.05) is 17.1 Å². The number of amides is 2. The van der Waals surface area contributed by atoms with Gasteiger partial charge in [0.25, 0.3) is 5.91 Å². The van der Waals surface area contributed by atoms with Crippen molar-refractivity contribution in [3.63, 3.8) is 0 Å². The normalized spacial score (nSPS) is 22.4. The highest BCUT2D eigenvalue weighted by atomic mass is 35.5. The summed E-state index contributed by atoms with van der Waals surface area (Å²) in [5, 5.41) is 2.16. The molecule has 2 aliphatic heterocycles. The van der Waals surface area contributed by atoms with Gasteiger partial charge >= 0.3 is 0 Å². The van der Waals surface area contributed by atoms with Crippen molar-refractivity contribution in [1.29, 1.82) is 0 Å². The molecule has 2 fully saturated rings. The number of ether oxygens (including phenoxy) is 1. The Labute approximate surface area is 190 Å². The molecule has 2 amide bonds. The molecule has 0 radical (unpaired) electrons. The van der Waals surface area contributed by atoms with Crippen LogP contribution < -0.4 is 14.7 Å².